The molecule has 1 aliphatic heterocycles. The van der Waals surface area contributed by atoms with Gasteiger partial charge in [-0.1, -0.05) is 11.6 Å². The Hall–Kier alpha value is -2.72. The largest absolute Gasteiger partial charge is 0.417 e. The summed E-state index contributed by atoms with van der Waals surface area (Å²) in [5, 5.41) is 7.93. The van der Waals surface area contributed by atoms with Crippen LogP contribution >= 0.6 is 11.6 Å². The zero-order chi connectivity index (χ0) is 21.2. The van der Waals surface area contributed by atoms with Crippen molar-refractivity contribution in [1.29, 1.82) is 0 Å². The summed E-state index contributed by atoms with van der Waals surface area (Å²) in [4.78, 5) is 24.0. The minimum Gasteiger partial charge on any atom is -0.351 e. The third kappa shape index (κ3) is 5.01. The topological polar surface area (TPSA) is 101 Å². The first-order chi connectivity index (χ1) is 13.6. The van der Waals surface area contributed by atoms with E-state index in [0.717, 1.165) is 31.5 Å². The summed E-state index contributed by atoms with van der Waals surface area (Å²) >= 11 is 5.78. The monoisotopic (exact) mass is 429 g/mol. The van der Waals surface area contributed by atoms with E-state index in [1.807, 2.05) is 0 Å². The molecule has 0 spiro atoms. The van der Waals surface area contributed by atoms with E-state index in [0.29, 0.717) is 6.54 Å². The lowest BCUT2D eigenvalue weighted by Crippen LogP contribution is -2.45. The number of halogens is 4. The summed E-state index contributed by atoms with van der Waals surface area (Å²) in [6, 6.07) is 2.26. The smallest absolute Gasteiger partial charge is 0.351 e. The summed E-state index contributed by atoms with van der Waals surface area (Å²) < 4.78 is 40.1. The third-order valence-corrected chi connectivity index (χ3v) is 4.83. The summed E-state index contributed by atoms with van der Waals surface area (Å²) in [6.45, 7) is 1.51. The van der Waals surface area contributed by atoms with Crippen molar-refractivity contribution in [3.8, 4) is 5.69 Å². The van der Waals surface area contributed by atoms with Crippen LogP contribution in [-0.2, 0) is 6.18 Å². The number of aromatic nitrogens is 1. The highest BCUT2D eigenvalue weighted by Crippen LogP contribution is 2.36. The Morgan fingerprint density at radius 1 is 1.28 bits per heavy atom. The van der Waals surface area contributed by atoms with Crippen LogP contribution < -0.4 is 21.7 Å². The average Bonchev–Trinajstić information content (AvgIpc) is 3.04. The molecule has 1 saturated heterocycles. The Bertz CT molecular complexity index is 923. The lowest BCUT2D eigenvalue weighted by Gasteiger charge is -2.23. The third-order valence-electron chi connectivity index (χ3n) is 4.52. The van der Waals surface area contributed by atoms with Crippen LogP contribution in [0.25, 0.3) is 5.69 Å². The van der Waals surface area contributed by atoms with Gasteiger partial charge in [-0.3, -0.25) is 4.79 Å². The predicted molar refractivity (Wildman–Crippen MR) is 102 cm³/mol. The SMILES string of the molecule is NC(=O)Nc1cn(-c2ccc(C(F)(F)F)c(Cl)c2)cc1C(=O)N[C@H]1CCCNC1. The Kier molecular flexibility index (Phi) is 6.04. The van der Waals surface area contributed by atoms with E-state index in [1.165, 1.54) is 23.0 Å². The number of amides is 3. The fourth-order valence-corrected chi connectivity index (χ4v) is 3.43. The molecule has 0 bridgehead atoms. The molecule has 0 aliphatic carbocycles. The molecule has 0 saturated carbocycles. The van der Waals surface area contributed by atoms with Crippen LogP contribution in [0.4, 0.5) is 23.7 Å². The molecule has 29 heavy (non-hydrogen) atoms. The lowest BCUT2D eigenvalue weighted by molar-refractivity contribution is -0.137. The molecule has 2 aromatic rings. The number of hydrogen-bond acceptors (Lipinski definition) is 3. The molecule has 1 fully saturated rings. The maximum absolute atomic E-state index is 12.9. The first-order valence-corrected chi connectivity index (χ1v) is 9.20. The van der Waals surface area contributed by atoms with Gasteiger partial charge in [-0.25, -0.2) is 4.79 Å². The van der Waals surface area contributed by atoms with Crippen molar-refractivity contribution in [2.24, 2.45) is 5.73 Å². The summed E-state index contributed by atoms with van der Waals surface area (Å²) in [5.41, 5.74) is 4.76. The second kappa shape index (κ2) is 8.34. The molecule has 3 amide bonds. The Morgan fingerprint density at radius 3 is 2.62 bits per heavy atom. The minimum atomic E-state index is -4.58. The molecule has 11 heteroatoms. The molecule has 0 unspecified atom stereocenters. The van der Waals surface area contributed by atoms with Gasteiger partial charge >= 0.3 is 12.2 Å². The number of primary amides is 1. The van der Waals surface area contributed by atoms with Crippen LogP contribution in [0.15, 0.2) is 30.6 Å². The van der Waals surface area contributed by atoms with Gasteiger partial charge in [0.15, 0.2) is 0 Å². The van der Waals surface area contributed by atoms with Gasteiger partial charge in [0, 0.05) is 30.7 Å². The van der Waals surface area contributed by atoms with Crippen LogP contribution in [0.3, 0.4) is 0 Å². The molecular formula is C18H19ClF3N5O2. The normalized spacial score (nSPS) is 17.0. The molecule has 3 rings (SSSR count). The van der Waals surface area contributed by atoms with Gasteiger partial charge in [-0.05, 0) is 37.6 Å². The van der Waals surface area contributed by atoms with Gasteiger partial charge in [0.2, 0.25) is 0 Å². The second-order valence-corrected chi connectivity index (χ2v) is 7.07. The number of anilines is 1. The zero-order valence-corrected chi connectivity index (χ0v) is 15.9. The standard InChI is InChI=1S/C18H19ClF3N5O2/c19-14-6-11(3-4-13(14)18(20,21)22)27-8-12(15(9-27)26-17(23)29)16(28)25-10-2-1-5-24-7-10/h3-4,6,8-10,24H,1-2,5,7H2,(H,25,28)(H3,23,26,29)/t10-/m0/s1. The fraction of sp³-hybridized carbons (Fsp3) is 0.333. The van der Waals surface area contributed by atoms with Crippen LogP contribution in [-0.4, -0.2) is 35.6 Å². The summed E-state index contributed by atoms with van der Waals surface area (Å²) in [6.07, 6.45) is -0.0630. The maximum atomic E-state index is 12.9. The number of nitrogens with two attached hydrogens (primary N) is 1. The van der Waals surface area contributed by atoms with E-state index in [-0.39, 0.29) is 23.0 Å². The molecular weight excluding hydrogens is 411 g/mol. The first kappa shape index (κ1) is 21.0. The van der Waals surface area contributed by atoms with E-state index in [9.17, 15) is 22.8 Å². The van der Waals surface area contributed by atoms with Gasteiger partial charge in [0.05, 0.1) is 21.8 Å². The van der Waals surface area contributed by atoms with Crippen molar-refractivity contribution >= 4 is 29.2 Å². The number of urea groups is 1. The highest BCUT2D eigenvalue weighted by molar-refractivity contribution is 6.31. The minimum absolute atomic E-state index is 0.0680. The molecule has 7 nitrogen and oxygen atoms in total. The van der Waals surface area contributed by atoms with Gasteiger partial charge in [0.25, 0.3) is 5.91 Å². The number of nitrogens with zero attached hydrogens (tertiary/aromatic N) is 1. The number of alkyl halides is 3. The Morgan fingerprint density at radius 2 is 2.03 bits per heavy atom. The van der Waals surface area contributed by atoms with Crippen LogP contribution in [0, 0.1) is 0 Å². The van der Waals surface area contributed by atoms with E-state index in [1.54, 1.807) is 0 Å². The van der Waals surface area contributed by atoms with E-state index >= 15 is 0 Å². The molecule has 1 aliphatic rings. The van der Waals surface area contributed by atoms with Crippen LogP contribution in [0.5, 0.6) is 0 Å². The van der Waals surface area contributed by atoms with E-state index in [4.69, 9.17) is 17.3 Å². The van der Waals surface area contributed by atoms with Gasteiger partial charge in [-0.2, -0.15) is 13.2 Å². The van der Waals surface area contributed by atoms with Crippen molar-refractivity contribution in [1.82, 2.24) is 15.2 Å². The number of piperidine rings is 1. The number of carbonyl (C=O) groups excluding carboxylic acids is 2. The average molecular weight is 430 g/mol. The quantitative estimate of drug-likeness (QED) is 0.600. The Balaban J connectivity index is 1.91. The van der Waals surface area contributed by atoms with E-state index in [2.05, 4.69) is 16.0 Å². The van der Waals surface area contributed by atoms with Crippen molar-refractivity contribution < 1.29 is 22.8 Å². The fourth-order valence-electron chi connectivity index (χ4n) is 3.15. The zero-order valence-electron chi connectivity index (χ0n) is 15.1. The van der Waals surface area contributed by atoms with Crippen molar-refractivity contribution in [2.45, 2.75) is 25.1 Å². The molecule has 1 atom stereocenters. The number of nitrogens with one attached hydrogen (secondary N) is 3. The number of rotatable bonds is 4. The molecule has 2 heterocycles. The molecule has 1 aromatic heterocycles. The van der Waals surface area contributed by atoms with Crippen molar-refractivity contribution in [3.63, 3.8) is 0 Å². The number of carbonyl (C=O) groups is 2. The lowest BCUT2D eigenvalue weighted by atomic mass is 10.1. The highest BCUT2D eigenvalue weighted by Gasteiger charge is 2.33. The number of hydrogen-bond donors (Lipinski definition) is 4. The van der Waals surface area contributed by atoms with E-state index < -0.39 is 28.7 Å². The first-order valence-electron chi connectivity index (χ1n) is 8.82. The summed E-state index contributed by atoms with van der Waals surface area (Å²) in [7, 11) is 0. The number of benzene rings is 1. The summed E-state index contributed by atoms with van der Waals surface area (Å²) in [5.74, 6) is -0.431. The second-order valence-electron chi connectivity index (χ2n) is 6.66. The van der Waals surface area contributed by atoms with Crippen molar-refractivity contribution in [2.75, 3.05) is 18.4 Å². The molecule has 0 radical (unpaired) electrons. The van der Waals surface area contributed by atoms with Gasteiger partial charge < -0.3 is 26.3 Å². The van der Waals surface area contributed by atoms with Gasteiger partial charge in [-0.15, -0.1) is 0 Å². The predicted octanol–water partition coefficient (Wildman–Crippen LogP) is 3.12. The molecule has 156 valence electrons. The maximum Gasteiger partial charge on any atom is 0.417 e. The van der Waals surface area contributed by atoms with Crippen LogP contribution in [0.1, 0.15) is 28.8 Å². The van der Waals surface area contributed by atoms with Crippen LogP contribution in [0.2, 0.25) is 5.02 Å². The highest BCUT2D eigenvalue weighted by atomic mass is 35.5. The molecule has 1 aromatic carbocycles. The van der Waals surface area contributed by atoms with Crippen molar-refractivity contribution in [3.05, 3.63) is 46.7 Å². The molecule has 5 N–H and O–H groups in total. The van der Waals surface area contributed by atoms with Gasteiger partial charge in [0.1, 0.15) is 0 Å². The Labute approximate surface area is 169 Å².